The lowest BCUT2D eigenvalue weighted by atomic mass is 9.79. The number of hydrogen-bond donors (Lipinski definition) is 0. The molecule has 0 unspecified atom stereocenters. The minimum atomic E-state index is 0.540. The second-order valence-electron chi connectivity index (χ2n) is 5.47. The molecule has 0 bridgehead atoms. The van der Waals surface area contributed by atoms with Gasteiger partial charge in [-0.15, -0.1) is 0 Å². The molecule has 3 rings (SSSR count). The molecule has 1 aliphatic rings. The van der Waals surface area contributed by atoms with E-state index in [9.17, 15) is 0 Å². The highest BCUT2D eigenvalue weighted by atomic mass is 15.0. The Hall–Kier alpha value is -1.37. The van der Waals surface area contributed by atoms with Crippen molar-refractivity contribution in [3.63, 3.8) is 0 Å². The monoisotopic (exact) mass is 226 g/mol. The molecule has 17 heavy (non-hydrogen) atoms. The molecule has 88 valence electrons. The zero-order valence-corrected chi connectivity index (χ0v) is 10.7. The van der Waals surface area contributed by atoms with Crippen LogP contribution in [0.4, 0.5) is 0 Å². The molecule has 0 saturated heterocycles. The maximum absolute atomic E-state index is 2.37. The maximum atomic E-state index is 2.37. The predicted octanol–water partition coefficient (Wildman–Crippen LogP) is 3.98. The molecule has 0 spiro atoms. The van der Waals surface area contributed by atoms with E-state index in [2.05, 4.69) is 55.1 Å². The third-order valence-corrected chi connectivity index (χ3v) is 3.99. The van der Waals surface area contributed by atoms with Crippen LogP contribution in [0.3, 0.4) is 0 Å². The number of benzene rings is 1. The number of aromatic nitrogens is 1. The van der Waals surface area contributed by atoms with Crippen LogP contribution in [0.5, 0.6) is 0 Å². The lowest BCUT2D eigenvalue weighted by molar-refractivity contribution is -0.715. The molecule has 1 heterocycles. The molecule has 1 fully saturated rings. The highest BCUT2D eigenvalue weighted by molar-refractivity contribution is 5.84. The van der Waals surface area contributed by atoms with Gasteiger partial charge in [-0.1, -0.05) is 24.6 Å². The van der Waals surface area contributed by atoms with Gasteiger partial charge in [-0.25, -0.2) is 4.57 Å². The lowest BCUT2D eigenvalue weighted by Crippen LogP contribution is -2.36. The summed E-state index contributed by atoms with van der Waals surface area (Å²) >= 11 is 0. The average Bonchev–Trinajstić information content (AvgIpc) is 2.26. The van der Waals surface area contributed by atoms with Gasteiger partial charge >= 0.3 is 0 Å². The van der Waals surface area contributed by atoms with Crippen molar-refractivity contribution < 1.29 is 4.57 Å². The van der Waals surface area contributed by atoms with Crippen LogP contribution in [0.2, 0.25) is 0 Å². The molecule has 1 nitrogen and oxygen atoms in total. The molecule has 1 saturated carbocycles. The average molecular weight is 226 g/mol. The van der Waals surface area contributed by atoms with Gasteiger partial charge in [0.1, 0.15) is 0 Å². The Morgan fingerprint density at radius 3 is 2.53 bits per heavy atom. The van der Waals surface area contributed by atoms with Crippen molar-refractivity contribution in [3.05, 3.63) is 42.2 Å². The molecule has 2 aromatic rings. The van der Waals surface area contributed by atoms with Crippen LogP contribution in [-0.4, -0.2) is 0 Å². The van der Waals surface area contributed by atoms with E-state index in [4.69, 9.17) is 0 Å². The topological polar surface area (TPSA) is 3.88 Å². The largest absolute Gasteiger partial charge is 0.202 e. The fraction of sp³-hybridized carbons (Fsp3) is 0.438. The third-order valence-electron chi connectivity index (χ3n) is 3.99. The van der Waals surface area contributed by atoms with Gasteiger partial charge in [0.15, 0.2) is 18.4 Å². The van der Waals surface area contributed by atoms with Crippen LogP contribution in [0.25, 0.3) is 10.8 Å². The molecule has 0 radical (unpaired) electrons. The van der Waals surface area contributed by atoms with Gasteiger partial charge in [-0.3, -0.25) is 0 Å². The van der Waals surface area contributed by atoms with Gasteiger partial charge in [-0.2, -0.15) is 0 Å². The summed E-state index contributed by atoms with van der Waals surface area (Å²) in [5.74, 6) is 0.797. The summed E-state index contributed by atoms with van der Waals surface area (Å²) in [6, 6.07) is 9.34. The Balaban J connectivity index is 2.21. The van der Waals surface area contributed by atoms with Crippen LogP contribution in [0.1, 0.15) is 50.6 Å². The van der Waals surface area contributed by atoms with E-state index in [1.54, 1.807) is 5.56 Å². The normalized spacial score (nSPS) is 16.4. The Labute approximate surface area is 103 Å². The quantitative estimate of drug-likeness (QED) is 0.682. The second-order valence-corrected chi connectivity index (χ2v) is 5.47. The Morgan fingerprint density at radius 2 is 1.88 bits per heavy atom. The number of nitrogens with zero attached hydrogens (tertiary/aromatic N) is 1. The van der Waals surface area contributed by atoms with Crippen LogP contribution in [0.15, 0.2) is 36.7 Å². The first kappa shape index (κ1) is 10.8. The summed E-state index contributed by atoms with van der Waals surface area (Å²) in [6.45, 7) is 4.50. The molecule has 0 amide bonds. The first-order chi connectivity index (χ1) is 8.25. The zero-order valence-electron chi connectivity index (χ0n) is 10.7. The standard InChI is InChI=1S/C16H20N/c1-12(2)17-10-14-6-3-4-9-15(14)16(11-17)13-7-5-8-13/h3-4,6,9-13H,5,7-8H2,1-2H3/q+1. The minimum Gasteiger partial charge on any atom is -0.202 e. The van der Waals surface area contributed by atoms with Gasteiger partial charge in [0.05, 0.1) is 0 Å². The number of hydrogen-bond acceptors (Lipinski definition) is 0. The van der Waals surface area contributed by atoms with Gasteiger partial charge in [0.25, 0.3) is 0 Å². The van der Waals surface area contributed by atoms with E-state index in [-0.39, 0.29) is 0 Å². The molecule has 1 aromatic heterocycles. The summed E-state index contributed by atoms with van der Waals surface area (Å²) in [7, 11) is 0. The number of rotatable bonds is 2. The van der Waals surface area contributed by atoms with Crippen molar-refractivity contribution >= 4 is 10.8 Å². The Morgan fingerprint density at radius 1 is 1.12 bits per heavy atom. The molecular formula is C16H20N+. The Bertz CT molecular complexity index is 538. The maximum Gasteiger partial charge on any atom is 0.176 e. The van der Waals surface area contributed by atoms with Crippen LogP contribution in [-0.2, 0) is 0 Å². The van der Waals surface area contributed by atoms with E-state index >= 15 is 0 Å². The van der Waals surface area contributed by atoms with Crippen LogP contribution < -0.4 is 4.57 Å². The molecule has 1 aromatic carbocycles. The SMILES string of the molecule is CC(C)[n+]1cc(C2CCC2)c2ccccc2c1. The smallest absolute Gasteiger partial charge is 0.176 e. The second kappa shape index (κ2) is 4.14. The highest BCUT2D eigenvalue weighted by Crippen LogP contribution is 2.38. The van der Waals surface area contributed by atoms with Crippen molar-refractivity contribution in [2.45, 2.75) is 45.1 Å². The molecular weight excluding hydrogens is 206 g/mol. The van der Waals surface area contributed by atoms with Crippen molar-refractivity contribution in [2.75, 3.05) is 0 Å². The van der Waals surface area contributed by atoms with Crippen LogP contribution >= 0.6 is 0 Å². The summed E-state index contributed by atoms with van der Waals surface area (Å²) in [5.41, 5.74) is 1.56. The third kappa shape index (κ3) is 1.84. The van der Waals surface area contributed by atoms with E-state index in [0.717, 1.165) is 5.92 Å². The number of pyridine rings is 1. The lowest BCUT2D eigenvalue weighted by Gasteiger charge is -2.26. The predicted molar refractivity (Wildman–Crippen MR) is 71.1 cm³/mol. The van der Waals surface area contributed by atoms with Crippen molar-refractivity contribution in [1.82, 2.24) is 0 Å². The van der Waals surface area contributed by atoms with E-state index in [1.165, 1.54) is 30.0 Å². The van der Waals surface area contributed by atoms with E-state index in [1.807, 2.05) is 0 Å². The zero-order chi connectivity index (χ0) is 11.8. The van der Waals surface area contributed by atoms with Gasteiger partial charge in [-0.05, 0) is 44.1 Å². The van der Waals surface area contributed by atoms with Crippen molar-refractivity contribution in [3.8, 4) is 0 Å². The molecule has 1 heteroatoms. The fourth-order valence-electron chi connectivity index (χ4n) is 2.64. The Kier molecular flexibility index (Phi) is 2.62. The molecule has 1 aliphatic carbocycles. The summed E-state index contributed by atoms with van der Waals surface area (Å²) < 4.78 is 2.36. The van der Waals surface area contributed by atoms with Gasteiger partial charge in [0, 0.05) is 10.9 Å². The first-order valence-electron chi connectivity index (χ1n) is 6.69. The van der Waals surface area contributed by atoms with Gasteiger partial charge < -0.3 is 0 Å². The molecule has 0 N–H and O–H groups in total. The van der Waals surface area contributed by atoms with Gasteiger partial charge in [0.2, 0.25) is 0 Å². The van der Waals surface area contributed by atoms with Crippen molar-refractivity contribution in [1.29, 1.82) is 0 Å². The highest BCUT2D eigenvalue weighted by Gasteiger charge is 2.24. The fourth-order valence-corrected chi connectivity index (χ4v) is 2.64. The summed E-state index contributed by atoms with van der Waals surface area (Å²) in [6.07, 6.45) is 8.78. The number of fused-ring (bicyclic) bond motifs is 1. The molecule has 0 aliphatic heterocycles. The van der Waals surface area contributed by atoms with E-state index < -0.39 is 0 Å². The van der Waals surface area contributed by atoms with Crippen molar-refractivity contribution in [2.24, 2.45) is 0 Å². The minimum absolute atomic E-state index is 0.540. The van der Waals surface area contributed by atoms with Crippen LogP contribution in [0, 0.1) is 0 Å². The summed E-state index contributed by atoms with van der Waals surface area (Å²) in [4.78, 5) is 0. The molecule has 0 atom stereocenters. The first-order valence-corrected chi connectivity index (χ1v) is 6.69. The summed E-state index contributed by atoms with van der Waals surface area (Å²) in [5, 5.41) is 2.83. The van der Waals surface area contributed by atoms with E-state index in [0.29, 0.717) is 6.04 Å².